The Balaban J connectivity index is 1.67. The van der Waals surface area contributed by atoms with Crippen LogP contribution in [0.2, 0.25) is 0 Å². The summed E-state index contributed by atoms with van der Waals surface area (Å²) in [6.07, 6.45) is 0. The Morgan fingerprint density at radius 1 is 0.955 bits per heavy atom. The van der Waals surface area contributed by atoms with Crippen LogP contribution in [0.3, 0.4) is 0 Å². The van der Waals surface area contributed by atoms with Crippen molar-refractivity contribution < 1.29 is 14.6 Å². The Hall–Kier alpha value is -2.60. The van der Waals surface area contributed by atoms with Gasteiger partial charge in [-0.2, -0.15) is 0 Å². The van der Waals surface area contributed by atoms with Gasteiger partial charge in [0.1, 0.15) is 13.2 Å². The number of hydrogen-bond donors (Lipinski definition) is 1. The highest BCUT2D eigenvalue weighted by molar-refractivity contribution is 7.23. The number of fused-ring (bicyclic) bond motifs is 2. The van der Waals surface area contributed by atoms with Gasteiger partial charge in [-0.15, -0.1) is 21.6 Å². The molecule has 0 amide bonds. The summed E-state index contributed by atoms with van der Waals surface area (Å²) in [6, 6.07) is 13.0. The molecule has 0 unspecified atom stereocenters. The summed E-state index contributed by atoms with van der Waals surface area (Å²) < 4.78 is 12.0. The first-order chi connectivity index (χ1) is 10.8. The number of nitrogens with zero attached hydrogens (tertiary/aromatic N) is 2. The summed E-state index contributed by atoms with van der Waals surface area (Å²) >= 11 is 1.41. The third-order valence-electron chi connectivity index (χ3n) is 3.33. The van der Waals surface area contributed by atoms with Gasteiger partial charge in [0.25, 0.3) is 0 Å². The summed E-state index contributed by atoms with van der Waals surface area (Å²) in [5.41, 5.74) is 0.654. The molecule has 0 saturated heterocycles. The van der Waals surface area contributed by atoms with Crippen molar-refractivity contribution in [3.8, 4) is 17.2 Å². The molecular weight excluding hydrogens is 300 g/mol. The van der Waals surface area contributed by atoms with Crippen LogP contribution in [0.25, 0.3) is 10.1 Å². The Morgan fingerprint density at radius 2 is 1.77 bits per heavy atom. The standard InChI is InChI=1S/C16H12N2O3S/c19-15-11-3-1-2-4-14(11)22-16(15)18-17-10-5-6-12-13(9-10)21-8-7-20-12/h1-6,9,19H,7-8H2. The zero-order valence-corrected chi connectivity index (χ0v) is 12.3. The van der Waals surface area contributed by atoms with E-state index in [4.69, 9.17) is 9.47 Å². The lowest BCUT2D eigenvalue weighted by Gasteiger charge is -2.17. The Kier molecular flexibility index (Phi) is 3.16. The number of hydrogen-bond acceptors (Lipinski definition) is 6. The quantitative estimate of drug-likeness (QED) is 0.692. The van der Waals surface area contributed by atoms with E-state index in [9.17, 15) is 5.11 Å². The van der Waals surface area contributed by atoms with Gasteiger partial charge in [-0.3, -0.25) is 0 Å². The first kappa shape index (κ1) is 13.1. The van der Waals surface area contributed by atoms with Crippen molar-refractivity contribution in [2.45, 2.75) is 0 Å². The molecule has 3 aromatic rings. The molecule has 5 nitrogen and oxygen atoms in total. The molecule has 2 heterocycles. The maximum atomic E-state index is 10.2. The van der Waals surface area contributed by atoms with Crippen LogP contribution in [0.15, 0.2) is 52.7 Å². The van der Waals surface area contributed by atoms with Crippen LogP contribution in [-0.4, -0.2) is 18.3 Å². The van der Waals surface area contributed by atoms with Crippen molar-refractivity contribution in [1.29, 1.82) is 0 Å². The molecule has 1 N–H and O–H groups in total. The average molecular weight is 312 g/mol. The Bertz CT molecular complexity index is 873. The van der Waals surface area contributed by atoms with E-state index in [-0.39, 0.29) is 5.75 Å². The van der Waals surface area contributed by atoms with E-state index in [0.717, 1.165) is 15.8 Å². The van der Waals surface area contributed by atoms with Gasteiger partial charge >= 0.3 is 0 Å². The summed E-state index contributed by atoms with van der Waals surface area (Å²) in [6.45, 7) is 1.09. The van der Waals surface area contributed by atoms with Crippen molar-refractivity contribution in [2.75, 3.05) is 13.2 Å². The highest BCUT2D eigenvalue weighted by Crippen LogP contribution is 2.44. The van der Waals surface area contributed by atoms with Gasteiger partial charge in [0.05, 0.1) is 5.69 Å². The molecule has 4 rings (SSSR count). The SMILES string of the molecule is Oc1c(N=Nc2ccc3c(c2)OCCO3)sc2ccccc12. The minimum atomic E-state index is 0.168. The van der Waals surface area contributed by atoms with E-state index in [0.29, 0.717) is 29.7 Å². The third kappa shape index (κ3) is 2.27. The molecule has 22 heavy (non-hydrogen) atoms. The molecule has 0 saturated carbocycles. The van der Waals surface area contributed by atoms with E-state index in [2.05, 4.69) is 10.2 Å². The molecule has 0 spiro atoms. The Morgan fingerprint density at radius 3 is 2.64 bits per heavy atom. The molecule has 0 fully saturated rings. The summed E-state index contributed by atoms with van der Waals surface area (Å²) in [7, 11) is 0. The first-order valence-electron chi connectivity index (χ1n) is 6.83. The van der Waals surface area contributed by atoms with Gasteiger partial charge in [0.15, 0.2) is 22.2 Å². The lowest BCUT2D eigenvalue weighted by Crippen LogP contribution is -2.14. The molecule has 0 bridgehead atoms. The van der Waals surface area contributed by atoms with E-state index >= 15 is 0 Å². The highest BCUT2D eigenvalue weighted by atomic mass is 32.1. The molecule has 1 aromatic heterocycles. The average Bonchev–Trinajstić information content (AvgIpc) is 2.89. The van der Waals surface area contributed by atoms with E-state index in [1.165, 1.54) is 11.3 Å². The van der Waals surface area contributed by atoms with Crippen LogP contribution in [0.1, 0.15) is 0 Å². The van der Waals surface area contributed by atoms with Gasteiger partial charge in [0.2, 0.25) is 0 Å². The molecular formula is C16H12N2O3S. The summed E-state index contributed by atoms with van der Waals surface area (Å²) in [5.74, 6) is 1.56. The fourth-order valence-corrected chi connectivity index (χ4v) is 3.20. The second kappa shape index (κ2) is 5.31. The summed E-state index contributed by atoms with van der Waals surface area (Å²) in [5, 5.41) is 19.8. The normalized spacial score (nSPS) is 13.8. The van der Waals surface area contributed by atoms with Gasteiger partial charge in [-0.05, 0) is 24.3 Å². The van der Waals surface area contributed by atoms with E-state index in [1.807, 2.05) is 30.3 Å². The van der Waals surface area contributed by atoms with E-state index < -0.39 is 0 Å². The maximum absolute atomic E-state index is 10.2. The predicted octanol–water partition coefficient (Wildman–Crippen LogP) is 4.79. The lowest BCUT2D eigenvalue weighted by molar-refractivity contribution is 0.171. The fourth-order valence-electron chi connectivity index (χ4n) is 2.28. The molecule has 110 valence electrons. The second-order valence-electron chi connectivity index (χ2n) is 4.78. The molecule has 1 aliphatic rings. The number of thiophene rings is 1. The Labute approximate surface area is 130 Å². The second-order valence-corrected chi connectivity index (χ2v) is 5.81. The van der Waals surface area contributed by atoms with Crippen LogP contribution in [0.5, 0.6) is 17.2 Å². The van der Waals surface area contributed by atoms with Gasteiger partial charge < -0.3 is 14.6 Å². The topological polar surface area (TPSA) is 63.4 Å². The number of ether oxygens (including phenoxy) is 2. The van der Waals surface area contributed by atoms with Crippen molar-refractivity contribution in [2.24, 2.45) is 10.2 Å². The zero-order chi connectivity index (χ0) is 14.9. The predicted molar refractivity (Wildman–Crippen MR) is 85.1 cm³/mol. The van der Waals surface area contributed by atoms with Crippen molar-refractivity contribution in [1.82, 2.24) is 0 Å². The minimum absolute atomic E-state index is 0.168. The first-order valence-corrected chi connectivity index (χ1v) is 7.65. The molecule has 6 heteroatoms. The number of benzene rings is 2. The van der Waals surface area contributed by atoms with Crippen LogP contribution in [-0.2, 0) is 0 Å². The number of rotatable bonds is 2. The highest BCUT2D eigenvalue weighted by Gasteiger charge is 2.12. The molecule has 0 atom stereocenters. The molecule has 0 radical (unpaired) electrons. The minimum Gasteiger partial charge on any atom is -0.504 e. The summed E-state index contributed by atoms with van der Waals surface area (Å²) in [4.78, 5) is 0. The molecule has 1 aliphatic heterocycles. The van der Waals surface area contributed by atoms with Crippen LogP contribution < -0.4 is 9.47 Å². The lowest BCUT2D eigenvalue weighted by atomic mass is 10.2. The van der Waals surface area contributed by atoms with Crippen molar-refractivity contribution in [3.05, 3.63) is 42.5 Å². The van der Waals surface area contributed by atoms with Gasteiger partial charge in [0, 0.05) is 16.2 Å². The number of azo groups is 1. The monoisotopic (exact) mass is 312 g/mol. The zero-order valence-electron chi connectivity index (χ0n) is 11.5. The smallest absolute Gasteiger partial charge is 0.181 e. The maximum Gasteiger partial charge on any atom is 0.181 e. The van der Waals surface area contributed by atoms with Crippen LogP contribution >= 0.6 is 11.3 Å². The third-order valence-corrected chi connectivity index (χ3v) is 4.38. The van der Waals surface area contributed by atoms with Crippen LogP contribution in [0.4, 0.5) is 10.7 Å². The van der Waals surface area contributed by atoms with Crippen molar-refractivity contribution >= 4 is 32.1 Å². The molecule has 2 aromatic carbocycles. The van der Waals surface area contributed by atoms with Crippen LogP contribution in [0, 0.1) is 0 Å². The fraction of sp³-hybridized carbons (Fsp3) is 0.125. The molecule has 0 aliphatic carbocycles. The van der Waals surface area contributed by atoms with Crippen molar-refractivity contribution in [3.63, 3.8) is 0 Å². The largest absolute Gasteiger partial charge is 0.504 e. The van der Waals surface area contributed by atoms with Gasteiger partial charge in [-0.1, -0.05) is 12.1 Å². The van der Waals surface area contributed by atoms with Gasteiger partial charge in [-0.25, -0.2) is 0 Å². The number of aromatic hydroxyl groups is 1. The van der Waals surface area contributed by atoms with E-state index in [1.54, 1.807) is 12.1 Å².